The number of carbonyl (C=O) groups excluding carboxylic acids is 1. The minimum absolute atomic E-state index is 0.0173. The fourth-order valence-electron chi connectivity index (χ4n) is 1.63. The Hall–Kier alpha value is -1.31. The molecule has 0 aliphatic rings. The average Bonchev–Trinajstić information content (AvgIpc) is 2.35. The van der Waals surface area contributed by atoms with Crippen molar-refractivity contribution in [3.05, 3.63) is 22.7 Å². The van der Waals surface area contributed by atoms with Gasteiger partial charge in [-0.1, -0.05) is 11.6 Å². The van der Waals surface area contributed by atoms with Crippen molar-refractivity contribution in [2.45, 2.75) is 18.7 Å². The van der Waals surface area contributed by atoms with Crippen LogP contribution in [0.15, 0.2) is 17.0 Å². The molecule has 3 N–H and O–H groups in total. The molecule has 1 rings (SSSR count). The number of amides is 1. The molecule has 20 heavy (non-hydrogen) atoms. The summed E-state index contributed by atoms with van der Waals surface area (Å²) in [5.41, 5.74) is 6.43. The van der Waals surface area contributed by atoms with Gasteiger partial charge in [0.2, 0.25) is 15.9 Å². The van der Waals surface area contributed by atoms with Gasteiger partial charge in [0.1, 0.15) is 0 Å². The Labute approximate surface area is 123 Å². The fraction of sp³-hybridized carbons (Fsp3) is 0.417. The number of benzene rings is 1. The van der Waals surface area contributed by atoms with Crippen molar-refractivity contribution in [3.8, 4) is 0 Å². The third-order valence-electron chi connectivity index (χ3n) is 2.70. The van der Waals surface area contributed by atoms with Crippen LogP contribution in [-0.4, -0.2) is 38.8 Å². The van der Waals surface area contributed by atoms with Gasteiger partial charge in [-0.25, -0.2) is 8.42 Å². The first-order valence-electron chi connectivity index (χ1n) is 5.98. The molecule has 1 amide bonds. The molecule has 0 saturated carbocycles. The molecule has 0 spiro atoms. The number of nitrogens with zero attached hydrogens (tertiary/aromatic N) is 1. The summed E-state index contributed by atoms with van der Waals surface area (Å²) in [4.78, 5) is 11.5. The second kappa shape index (κ2) is 6.43. The van der Waals surface area contributed by atoms with E-state index in [4.69, 9.17) is 17.3 Å². The molecule has 1 aromatic rings. The number of hydrogen-bond donors (Lipinski definition) is 2. The summed E-state index contributed by atoms with van der Waals surface area (Å²) in [7, 11) is -2.44. The normalized spacial score (nSPS) is 11.7. The van der Waals surface area contributed by atoms with E-state index < -0.39 is 10.0 Å². The summed E-state index contributed by atoms with van der Waals surface area (Å²) in [5.74, 6) is -0.364. The maximum absolute atomic E-state index is 12.3. The SMILES string of the molecule is CCNC(=O)CN(C)S(=O)(=O)c1cc(C)c(Cl)c(N)c1. The molecule has 0 unspecified atom stereocenters. The van der Waals surface area contributed by atoms with Gasteiger partial charge in [0, 0.05) is 13.6 Å². The van der Waals surface area contributed by atoms with Crippen LogP contribution in [0.3, 0.4) is 0 Å². The van der Waals surface area contributed by atoms with E-state index in [9.17, 15) is 13.2 Å². The van der Waals surface area contributed by atoms with Crippen molar-refractivity contribution in [1.82, 2.24) is 9.62 Å². The number of sulfonamides is 1. The van der Waals surface area contributed by atoms with E-state index in [1.165, 1.54) is 19.2 Å². The van der Waals surface area contributed by atoms with E-state index in [-0.39, 0.29) is 23.0 Å². The molecule has 0 heterocycles. The second-order valence-corrected chi connectivity index (χ2v) is 6.78. The van der Waals surface area contributed by atoms with Crippen LogP contribution in [0.4, 0.5) is 5.69 Å². The molecule has 0 fully saturated rings. The van der Waals surface area contributed by atoms with Gasteiger partial charge in [-0.3, -0.25) is 4.79 Å². The zero-order valence-corrected chi connectivity index (χ0v) is 13.2. The molecule has 6 nitrogen and oxygen atoms in total. The highest BCUT2D eigenvalue weighted by Gasteiger charge is 2.24. The van der Waals surface area contributed by atoms with Crippen LogP contribution in [0.5, 0.6) is 0 Å². The highest BCUT2D eigenvalue weighted by atomic mass is 35.5. The van der Waals surface area contributed by atoms with E-state index in [1.807, 2.05) is 0 Å². The number of halogens is 1. The molecule has 1 aromatic carbocycles. The number of nitrogen functional groups attached to an aromatic ring is 1. The summed E-state index contributed by atoms with van der Waals surface area (Å²) in [6.45, 7) is 3.62. The number of anilines is 1. The van der Waals surface area contributed by atoms with Gasteiger partial charge in [0.15, 0.2) is 0 Å². The lowest BCUT2D eigenvalue weighted by molar-refractivity contribution is -0.121. The Morgan fingerprint density at radius 2 is 2.05 bits per heavy atom. The highest BCUT2D eigenvalue weighted by molar-refractivity contribution is 7.89. The number of likely N-dealkylation sites (N-methyl/N-ethyl adjacent to an activating group) is 2. The number of nitrogens with two attached hydrogens (primary N) is 1. The monoisotopic (exact) mass is 319 g/mol. The van der Waals surface area contributed by atoms with Gasteiger partial charge in [-0.2, -0.15) is 4.31 Å². The molecule has 0 bridgehead atoms. The van der Waals surface area contributed by atoms with Crippen molar-refractivity contribution >= 4 is 33.2 Å². The van der Waals surface area contributed by atoms with Gasteiger partial charge in [-0.15, -0.1) is 0 Å². The maximum Gasteiger partial charge on any atom is 0.243 e. The topological polar surface area (TPSA) is 92.5 Å². The largest absolute Gasteiger partial charge is 0.397 e. The van der Waals surface area contributed by atoms with Crippen LogP contribution in [0.25, 0.3) is 0 Å². The van der Waals surface area contributed by atoms with E-state index in [0.29, 0.717) is 17.1 Å². The quantitative estimate of drug-likeness (QED) is 0.791. The van der Waals surface area contributed by atoms with Gasteiger partial charge >= 0.3 is 0 Å². The van der Waals surface area contributed by atoms with Crippen molar-refractivity contribution in [2.24, 2.45) is 0 Å². The van der Waals surface area contributed by atoms with Crippen LogP contribution in [-0.2, 0) is 14.8 Å². The fourth-order valence-corrected chi connectivity index (χ4v) is 2.99. The molecule has 0 aliphatic carbocycles. The Morgan fingerprint density at radius 1 is 1.45 bits per heavy atom. The molecule has 0 radical (unpaired) electrons. The van der Waals surface area contributed by atoms with Gasteiger partial charge in [-0.05, 0) is 31.5 Å². The predicted octanol–water partition coefficient (Wildman–Crippen LogP) is 0.987. The lowest BCUT2D eigenvalue weighted by Crippen LogP contribution is -2.38. The third kappa shape index (κ3) is 3.62. The van der Waals surface area contributed by atoms with Gasteiger partial charge in [0.25, 0.3) is 0 Å². The molecular weight excluding hydrogens is 302 g/mol. The summed E-state index contributed by atoms with van der Waals surface area (Å²) in [6.07, 6.45) is 0. The molecule has 0 aromatic heterocycles. The van der Waals surface area contributed by atoms with E-state index >= 15 is 0 Å². The number of hydrogen-bond acceptors (Lipinski definition) is 4. The Kier molecular flexibility index (Phi) is 5.38. The van der Waals surface area contributed by atoms with Crippen LogP contribution in [0, 0.1) is 6.92 Å². The summed E-state index contributed by atoms with van der Waals surface area (Å²) in [5, 5.41) is 2.87. The number of rotatable bonds is 5. The Morgan fingerprint density at radius 3 is 2.55 bits per heavy atom. The van der Waals surface area contributed by atoms with Crippen LogP contribution in [0.1, 0.15) is 12.5 Å². The van der Waals surface area contributed by atoms with Crippen LogP contribution >= 0.6 is 11.6 Å². The average molecular weight is 320 g/mol. The molecule has 0 atom stereocenters. The van der Waals surface area contributed by atoms with Crippen LogP contribution in [0.2, 0.25) is 5.02 Å². The van der Waals surface area contributed by atoms with Crippen molar-refractivity contribution in [1.29, 1.82) is 0 Å². The molecule has 112 valence electrons. The van der Waals surface area contributed by atoms with Gasteiger partial charge in [0.05, 0.1) is 22.2 Å². The first-order valence-corrected chi connectivity index (χ1v) is 7.80. The third-order valence-corrected chi connectivity index (χ3v) is 5.00. The zero-order chi connectivity index (χ0) is 15.5. The van der Waals surface area contributed by atoms with Crippen molar-refractivity contribution < 1.29 is 13.2 Å². The van der Waals surface area contributed by atoms with E-state index in [0.717, 1.165) is 4.31 Å². The number of carbonyl (C=O) groups is 1. The van der Waals surface area contributed by atoms with E-state index in [1.54, 1.807) is 13.8 Å². The zero-order valence-electron chi connectivity index (χ0n) is 11.6. The summed E-state index contributed by atoms with van der Waals surface area (Å²) in [6, 6.07) is 2.72. The molecular formula is C12H18ClN3O3S. The smallest absolute Gasteiger partial charge is 0.243 e. The van der Waals surface area contributed by atoms with E-state index in [2.05, 4.69) is 5.32 Å². The van der Waals surface area contributed by atoms with Crippen LogP contribution < -0.4 is 11.1 Å². The predicted molar refractivity (Wildman–Crippen MR) is 79.1 cm³/mol. The Bertz CT molecular complexity index is 593. The number of nitrogens with one attached hydrogen (secondary N) is 1. The first-order chi connectivity index (χ1) is 9.20. The summed E-state index contributed by atoms with van der Waals surface area (Å²) >= 11 is 5.91. The molecule has 0 saturated heterocycles. The second-order valence-electron chi connectivity index (χ2n) is 4.36. The van der Waals surface area contributed by atoms with Crippen molar-refractivity contribution in [3.63, 3.8) is 0 Å². The maximum atomic E-state index is 12.3. The highest BCUT2D eigenvalue weighted by Crippen LogP contribution is 2.27. The Balaban J connectivity index is 3.07. The standard InChI is InChI=1S/C12H18ClN3O3S/c1-4-15-11(17)7-16(3)20(18,19)9-5-8(2)12(13)10(14)6-9/h5-6H,4,7,14H2,1-3H3,(H,15,17). The lowest BCUT2D eigenvalue weighted by Gasteiger charge is -2.17. The number of aryl methyl sites for hydroxylation is 1. The summed E-state index contributed by atoms with van der Waals surface area (Å²) < 4.78 is 25.6. The molecule has 0 aliphatic heterocycles. The lowest BCUT2D eigenvalue weighted by atomic mass is 10.2. The minimum Gasteiger partial charge on any atom is -0.397 e. The minimum atomic E-state index is -3.78. The van der Waals surface area contributed by atoms with Gasteiger partial charge < -0.3 is 11.1 Å². The first kappa shape index (κ1) is 16.7. The van der Waals surface area contributed by atoms with Crippen molar-refractivity contribution in [2.75, 3.05) is 25.9 Å². The molecule has 8 heteroatoms.